The van der Waals surface area contributed by atoms with E-state index in [4.69, 9.17) is 25.8 Å². The number of nitrogens with one attached hydrogen (secondary N) is 1. The Labute approximate surface area is 198 Å². The molecule has 0 bridgehead atoms. The highest BCUT2D eigenvalue weighted by Gasteiger charge is 2.34. The second-order valence-corrected chi connectivity index (χ2v) is 9.25. The van der Waals surface area contributed by atoms with Gasteiger partial charge in [0.05, 0.1) is 19.4 Å². The highest BCUT2D eigenvalue weighted by molar-refractivity contribution is 6.05. The molecule has 1 atom stereocenters. The van der Waals surface area contributed by atoms with Crippen molar-refractivity contribution < 1.29 is 19.0 Å². The summed E-state index contributed by atoms with van der Waals surface area (Å²) in [5, 5.41) is 5.56. The van der Waals surface area contributed by atoms with Crippen molar-refractivity contribution in [2.24, 2.45) is 22.1 Å². The number of pyridine rings is 1. The molecule has 2 aromatic rings. The Morgan fingerprint density at radius 3 is 2.56 bits per heavy atom. The van der Waals surface area contributed by atoms with Gasteiger partial charge in [-0.05, 0) is 29.5 Å². The summed E-state index contributed by atoms with van der Waals surface area (Å²) >= 11 is 0. The van der Waals surface area contributed by atoms with Crippen LogP contribution in [0.3, 0.4) is 0 Å². The van der Waals surface area contributed by atoms with Crippen LogP contribution in [-0.4, -0.2) is 43.9 Å². The summed E-state index contributed by atoms with van der Waals surface area (Å²) in [4.78, 5) is 25.6. The fraction of sp³-hybridized carbons (Fsp3) is 0.458. The van der Waals surface area contributed by atoms with Crippen molar-refractivity contribution in [1.82, 2.24) is 9.88 Å². The maximum atomic E-state index is 12.9. The number of carbonyl (C=O) groups is 1. The first-order valence-electron chi connectivity index (χ1n) is 11.0. The Bertz CT molecular complexity index is 1150. The van der Waals surface area contributed by atoms with Gasteiger partial charge in [0.1, 0.15) is 5.56 Å². The molecule has 0 saturated heterocycles. The van der Waals surface area contributed by atoms with Gasteiger partial charge < -0.3 is 30.4 Å². The lowest BCUT2D eigenvalue weighted by Gasteiger charge is -2.39. The number of amides is 1. The average molecular weight is 472 g/mol. The van der Waals surface area contributed by atoms with Gasteiger partial charge >= 0.3 is 0 Å². The summed E-state index contributed by atoms with van der Waals surface area (Å²) in [6.45, 7) is 7.46. The Balaban J connectivity index is 2.12. The van der Waals surface area contributed by atoms with Gasteiger partial charge in [0.2, 0.25) is 5.96 Å². The number of guanidine groups is 1. The largest absolute Gasteiger partial charge is 0.493 e. The molecule has 1 aliphatic heterocycles. The zero-order chi connectivity index (χ0) is 25.0. The van der Waals surface area contributed by atoms with Gasteiger partial charge in [0.15, 0.2) is 16.9 Å². The van der Waals surface area contributed by atoms with Crippen molar-refractivity contribution >= 4 is 11.9 Å². The number of nitrogens with two attached hydrogens (primary N) is 2. The van der Waals surface area contributed by atoms with Crippen LogP contribution in [0.1, 0.15) is 49.2 Å². The molecule has 0 radical (unpaired) electrons. The van der Waals surface area contributed by atoms with Crippen LogP contribution in [0.2, 0.25) is 0 Å². The molecule has 0 aliphatic carbocycles. The van der Waals surface area contributed by atoms with Crippen molar-refractivity contribution in [3.63, 3.8) is 0 Å². The van der Waals surface area contributed by atoms with E-state index in [9.17, 15) is 9.59 Å². The fourth-order valence-electron chi connectivity index (χ4n) is 4.11. The molecule has 0 spiro atoms. The van der Waals surface area contributed by atoms with E-state index in [1.54, 1.807) is 20.4 Å². The predicted molar refractivity (Wildman–Crippen MR) is 130 cm³/mol. The number of ether oxygens (including phenoxy) is 3. The maximum Gasteiger partial charge on any atom is 0.263 e. The molecule has 1 aromatic carbocycles. The molecule has 34 heavy (non-hydrogen) atoms. The third-order valence-electron chi connectivity index (χ3n) is 5.87. The zero-order valence-electron chi connectivity index (χ0n) is 20.3. The minimum Gasteiger partial charge on any atom is -0.493 e. The lowest BCUT2D eigenvalue weighted by atomic mass is 9.78. The summed E-state index contributed by atoms with van der Waals surface area (Å²) < 4.78 is 18.6. The van der Waals surface area contributed by atoms with E-state index in [0.29, 0.717) is 36.8 Å². The molecule has 1 aliphatic rings. The molecule has 1 amide bonds. The van der Waals surface area contributed by atoms with Crippen LogP contribution in [0.5, 0.6) is 11.5 Å². The molecule has 3 rings (SSSR count). The predicted octanol–water partition coefficient (Wildman–Crippen LogP) is 2.00. The summed E-state index contributed by atoms with van der Waals surface area (Å²) in [7, 11) is 3.23. The van der Waals surface area contributed by atoms with Crippen molar-refractivity contribution in [2.75, 3.05) is 27.4 Å². The monoisotopic (exact) mass is 471 g/mol. The number of methoxy groups -OCH3 is 2. The fourth-order valence-corrected chi connectivity index (χ4v) is 4.11. The molecule has 10 nitrogen and oxygen atoms in total. The van der Waals surface area contributed by atoms with Crippen LogP contribution in [-0.2, 0) is 11.2 Å². The lowest BCUT2D eigenvalue weighted by Crippen LogP contribution is -2.40. The van der Waals surface area contributed by atoms with Gasteiger partial charge in [-0.2, -0.15) is 0 Å². The summed E-state index contributed by atoms with van der Waals surface area (Å²) in [5.74, 6) is 5.38. The second kappa shape index (κ2) is 10.2. The SMILES string of the molecule is COCCCOc1cc2c(cc1OC)-c1cc(=O)c(C(=O)NC(N)=NN)cn1C(C(C)(C)C)C2. The number of rotatable bonds is 7. The molecular weight excluding hydrogens is 438 g/mol. The molecule has 2 heterocycles. The standard InChI is InChI=1S/C24H33N5O5/c1-24(2,3)21-10-14-9-20(34-8-6-7-32-4)19(33-5)11-15(14)17-12-18(30)16(13-29(17)21)22(31)27-23(25)28-26/h9,11-13,21H,6-8,10,26H2,1-5H3,(H3,25,27,28,31). The van der Waals surface area contributed by atoms with Gasteiger partial charge in [-0.1, -0.05) is 20.8 Å². The average Bonchev–Trinajstić information content (AvgIpc) is 2.79. The van der Waals surface area contributed by atoms with Gasteiger partial charge in [-0.25, -0.2) is 0 Å². The van der Waals surface area contributed by atoms with E-state index < -0.39 is 11.3 Å². The van der Waals surface area contributed by atoms with Crippen LogP contribution in [0.15, 0.2) is 34.3 Å². The number of aromatic nitrogens is 1. The molecule has 1 aromatic heterocycles. The van der Waals surface area contributed by atoms with Crippen LogP contribution in [0.4, 0.5) is 0 Å². The molecule has 0 saturated carbocycles. The van der Waals surface area contributed by atoms with Crippen molar-refractivity contribution in [2.45, 2.75) is 39.7 Å². The quantitative estimate of drug-likeness (QED) is 0.184. The minimum atomic E-state index is -0.664. The Morgan fingerprint density at radius 1 is 1.21 bits per heavy atom. The number of carbonyl (C=O) groups excluding carboxylic acids is 1. The minimum absolute atomic E-state index is 0.0302. The first kappa shape index (κ1) is 25.1. The molecule has 1 unspecified atom stereocenters. The van der Waals surface area contributed by atoms with E-state index in [0.717, 1.165) is 17.5 Å². The summed E-state index contributed by atoms with van der Waals surface area (Å²) in [6, 6.07) is 5.30. The summed E-state index contributed by atoms with van der Waals surface area (Å²) in [5.41, 5.74) is 7.45. The molecule has 0 fully saturated rings. The van der Waals surface area contributed by atoms with Gasteiger partial charge in [0.25, 0.3) is 5.91 Å². The van der Waals surface area contributed by atoms with E-state index >= 15 is 0 Å². The van der Waals surface area contributed by atoms with Gasteiger partial charge in [-0.3, -0.25) is 14.9 Å². The number of hydrogen-bond acceptors (Lipinski definition) is 7. The third kappa shape index (κ3) is 5.17. The molecule has 10 heteroatoms. The Kier molecular flexibility index (Phi) is 7.51. The van der Waals surface area contributed by atoms with E-state index in [2.05, 4.69) is 31.2 Å². The number of hydrazone groups is 1. The van der Waals surface area contributed by atoms with Crippen LogP contribution in [0, 0.1) is 5.41 Å². The topological polar surface area (TPSA) is 143 Å². The van der Waals surface area contributed by atoms with Crippen molar-refractivity contribution in [3.8, 4) is 22.8 Å². The highest BCUT2D eigenvalue weighted by Crippen LogP contribution is 2.45. The van der Waals surface area contributed by atoms with Crippen LogP contribution < -0.4 is 31.8 Å². The highest BCUT2D eigenvalue weighted by atomic mass is 16.5. The molecule has 5 N–H and O–H groups in total. The van der Waals surface area contributed by atoms with Crippen LogP contribution >= 0.6 is 0 Å². The first-order valence-corrected chi connectivity index (χ1v) is 11.0. The number of benzene rings is 1. The van der Waals surface area contributed by atoms with Gasteiger partial charge in [0, 0.05) is 44.0 Å². The first-order chi connectivity index (χ1) is 16.1. The molecule has 184 valence electrons. The van der Waals surface area contributed by atoms with Crippen molar-refractivity contribution in [3.05, 3.63) is 45.7 Å². The van der Waals surface area contributed by atoms with Crippen molar-refractivity contribution in [1.29, 1.82) is 0 Å². The molecular formula is C24H33N5O5. The Morgan fingerprint density at radius 2 is 1.94 bits per heavy atom. The van der Waals surface area contributed by atoms with E-state index in [1.165, 1.54) is 6.07 Å². The number of hydrogen-bond donors (Lipinski definition) is 3. The Hall–Kier alpha value is -3.53. The normalized spacial score (nSPS) is 15.3. The second-order valence-electron chi connectivity index (χ2n) is 9.25. The van der Waals surface area contributed by atoms with Crippen LogP contribution in [0.25, 0.3) is 11.3 Å². The summed E-state index contributed by atoms with van der Waals surface area (Å²) in [6.07, 6.45) is 3.02. The van der Waals surface area contributed by atoms with Gasteiger partial charge in [-0.15, -0.1) is 5.10 Å². The lowest BCUT2D eigenvalue weighted by molar-refractivity contribution is 0.0974. The van der Waals surface area contributed by atoms with E-state index in [1.807, 2.05) is 16.7 Å². The number of fused-ring (bicyclic) bond motifs is 3. The smallest absolute Gasteiger partial charge is 0.263 e. The van der Waals surface area contributed by atoms with E-state index in [-0.39, 0.29) is 23.0 Å². The maximum absolute atomic E-state index is 12.9. The zero-order valence-corrected chi connectivity index (χ0v) is 20.3. The number of nitrogens with zero attached hydrogens (tertiary/aromatic N) is 2. The third-order valence-corrected chi connectivity index (χ3v) is 5.87.